The fourth-order valence-corrected chi connectivity index (χ4v) is 3.90. The van der Waals surface area contributed by atoms with Gasteiger partial charge in [-0.2, -0.15) is 0 Å². The third kappa shape index (κ3) is 5.30. The number of rotatable bonds is 7. The third-order valence-electron chi connectivity index (χ3n) is 5.78. The first-order chi connectivity index (χ1) is 16.9. The van der Waals surface area contributed by atoms with Crippen molar-refractivity contribution in [3.05, 3.63) is 65.7 Å². The van der Waals surface area contributed by atoms with E-state index in [2.05, 4.69) is 10.2 Å². The summed E-state index contributed by atoms with van der Waals surface area (Å²) in [7, 11) is 3.07. The predicted octanol–water partition coefficient (Wildman–Crippen LogP) is 3.86. The highest BCUT2D eigenvalue weighted by molar-refractivity contribution is 6.10. The molecule has 0 spiro atoms. The molecule has 0 atom stereocenters. The second-order valence-corrected chi connectivity index (χ2v) is 7.92. The van der Waals surface area contributed by atoms with E-state index >= 15 is 0 Å². The van der Waals surface area contributed by atoms with Gasteiger partial charge in [-0.1, -0.05) is 6.07 Å². The summed E-state index contributed by atoms with van der Waals surface area (Å²) >= 11 is 0. The summed E-state index contributed by atoms with van der Waals surface area (Å²) in [6, 6.07) is 14.7. The number of carbonyl (C=O) groups is 2. The van der Waals surface area contributed by atoms with Crippen molar-refractivity contribution in [2.45, 2.75) is 0 Å². The minimum atomic E-state index is -1.19. The Kier molecular flexibility index (Phi) is 7.07. The Bertz CT molecular complexity index is 1230. The first-order valence-corrected chi connectivity index (χ1v) is 11.0. The molecule has 3 aromatic rings. The lowest BCUT2D eigenvalue weighted by Gasteiger charge is -2.29. The number of nitrogens with zero attached hydrogens (tertiary/aromatic N) is 1. The van der Waals surface area contributed by atoms with Crippen molar-refractivity contribution in [3.8, 4) is 28.4 Å². The zero-order valence-corrected chi connectivity index (χ0v) is 19.4. The van der Waals surface area contributed by atoms with Crippen LogP contribution in [0.1, 0.15) is 20.7 Å². The van der Waals surface area contributed by atoms with E-state index in [0.717, 1.165) is 5.69 Å². The Balaban J connectivity index is 1.68. The topological polar surface area (TPSA) is 118 Å². The standard InChI is InChI=1S/C26H26N2O7/c1-33-19-11-17(12-20(15-19)34-2)16-3-5-21(26(31)32)23(13-16)27-25(30)22-14-18(4-6-24(22)29)28-7-9-35-10-8-28/h3-6,11-15,29H,7-10H2,1-2H3,(H,27,30)(H,31,32). The number of aromatic carboxylic acids is 1. The molecule has 1 aliphatic heterocycles. The van der Waals surface area contributed by atoms with Crippen molar-refractivity contribution in [1.29, 1.82) is 0 Å². The summed E-state index contributed by atoms with van der Waals surface area (Å²) in [6.45, 7) is 2.49. The molecule has 1 heterocycles. The van der Waals surface area contributed by atoms with Gasteiger partial charge in [-0.15, -0.1) is 0 Å². The summed E-state index contributed by atoms with van der Waals surface area (Å²) in [5, 5.41) is 22.7. The maximum atomic E-state index is 13.1. The molecule has 0 radical (unpaired) electrons. The van der Waals surface area contributed by atoms with Crippen LogP contribution in [0.5, 0.6) is 17.2 Å². The van der Waals surface area contributed by atoms with Crippen LogP contribution in [-0.2, 0) is 4.74 Å². The Morgan fingerprint density at radius 1 is 0.886 bits per heavy atom. The summed E-state index contributed by atoms with van der Waals surface area (Å²) in [4.78, 5) is 27.1. The van der Waals surface area contributed by atoms with Gasteiger partial charge in [0.05, 0.1) is 44.2 Å². The van der Waals surface area contributed by atoms with Crippen LogP contribution in [0.25, 0.3) is 11.1 Å². The van der Waals surface area contributed by atoms with Crippen molar-refractivity contribution in [2.75, 3.05) is 50.7 Å². The molecule has 3 N–H and O–H groups in total. The Labute approximate surface area is 202 Å². The fraction of sp³-hybridized carbons (Fsp3) is 0.231. The largest absolute Gasteiger partial charge is 0.507 e. The van der Waals surface area contributed by atoms with Crippen LogP contribution in [0.15, 0.2) is 54.6 Å². The lowest BCUT2D eigenvalue weighted by atomic mass is 10.0. The van der Waals surface area contributed by atoms with E-state index in [1.54, 1.807) is 42.5 Å². The number of morpholine rings is 1. The number of carboxylic acids is 1. The molecule has 1 aliphatic rings. The van der Waals surface area contributed by atoms with Gasteiger partial charge in [-0.25, -0.2) is 4.79 Å². The summed E-state index contributed by atoms with van der Waals surface area (Å²) < 4.78 is 16.0. The van der Waals surface area contributed by atoms with Gasteiger partial charge in [-0.05, 0) is 53.6 Å². The zero-order chi connectivity index (χ0) is 24.9. The molecule has 9 heteroatoms. The molecule has 9 nitrogen and oxygen atoms in total. The molecule has 1 saturated heterocycles. The number of methoxy groups -OCH3 is 2. The quantitative estimate of drug-likeness (QED) is 0.469. The minimum absolute atomic E-state index is 0.0405. The first-order valence-electron chi connectivity index (χ1n) is 11.0. The highest BCUT2D eigenvalue weighted by Gasteiger charge is 2.20. The SMILES string of the molecule is COc1cc(OC)cc(-c2ccc(C(=O)O)c(NC(=O)c3cc(N4CCOCC4)ccc3O)c2)c1. The maximum Gasteiger partial charge on any atom is 0.337 e. The average Bonchev–Trinajstić information content (AvgIpc) is 2.88. The summed E-state index contributed by atoms with van der Waals surface area (Å²) in [5.74, 6) is -0.888. The fourth-order valence-electron chi connectivity index (χ4n) is 3.90. The van der Waals surface area contributed by atoms with Crippen molar-refractivity contribution >= 4 is 23.3 Å². The van der Waals surface area contributed by atoms with Crippen molar-refractivity contribution in [1.82, 2.24) is 0 Å². The van der Waals surface area contributed by atoms with E-state index in [4.69, 9.17) is 14.2 Å². The van der Waals surface area contributed by atoms with E-state index in [1.165, 1.54) is 26.4 Å². The van der Waals surface area contributed by atoms with Gasteiger partial charge in [0.25, 0.3) is 5.91 Å². The number of benzene rings is 3. The molecule has 0 aliphatic carbocycles. The predicted molar refractivity (Wildman–Crippen MR) is 131 cm³/mol. The monoisotopic (exact) mass is 478 g/mol. The smallest absolute Gasteiger partial charge is 0.337 e. The van der Waals surface area contributed by atoms with Crippen molar-refractivity contribution in [2.24, 2.45) is 0 Å². The normalized spacial score (nSPS) is 13.3. The number of phenolic OH excluding ortho intramolecular Hbond substituents is 1. The van der Waals surface area contributed by atoms with E-state index in [-0.39, 0.29) is 22.6 Å². The molecule has 1 fully saturated rings. The number of carboxylic acid groups (broad SMARTS) is 1. The summed E-state index contributed by atoms with van der Waals surface area (Å²) in [5.41, 5.74) is 2.18. The Hall–Kier alpha value is -4.24. The van der Waals surface area contributed by atoms with Gasteiger partial charge >= 0.3 is 5.97 Å². The van der Waals surface area contributed by atoms with Gasteiger partial charge in [0.2, 0.25) is 0 Å². The first kappa shape index (κ1) is 23.9. The molecular weight excluding hydrogens is 452 g/mol. The number of anilines is 2. The molecule has 4 rings (SSSR count). The highest BCUT2D eigenvalue weighted by Crippen LogP contribution is 2.33. The van der Waals surface area contributed by atoms with Crippen LogP contribution in [0, 0.1) is 0 Å². The van der Waals surface area contributed by atoms with E-state index < -0.39 is 11.9 Å². The number of amides is 1. The Morgan fingerprint density at radius 3 is 2.20 bits per heavy atom. The van der Waals surface area contributed by atoms with Crippen LogP contribution < -0.4 is 19.7 Å². The molecule has 0 bridgehead atoms. The van der Waals surface area contributed by atoms with Crippen LogP contribution in [0.4, 0.5) is 11.4 Å². The van der Waals surface area contributed by atoms with Gasteiger partial charge < -0.3 is 34.6 Å². The van der Waals surface area contributed by atoms with E-state index in [0.29, 0.717) is 48.9 Å². The average molecular weight is 479 g/mol. The number of ether oxygens (including phenoxy) is 3. The lowest BCUT2D eigenvalue weighted by molar-refractivity contribution is 0.0698. The third-order valence-corrected chi connectivity index (χ3v) is 5.78. The van der Waals surface area contributed by atoms with E-state index in [9.17, 15) is 19.8 Å². The molecule has 1 amide bonds. The van der Waals surface area contributed by atoms with Gasteiger partial charge in [0, 0.05) is 24.8 Å². The molecule has 3 aromatic carbocycles. The number of hydrogen-bond acceptors (Lipinski definition) is 7. The molecule has 35 heavy (non-hydrogen) atoms. The van der Waals surface area contributed by atoms with Crippen LogP contribution in [0.3, 0.4) is 0 Å². The molecule has 182 valence electrons. The maximum absolute atomic E-state index is 13.1. The van der Waals surface area contributed by atoms with Crippen LogP contribution >= 0.6 is 0 Å². The highest BCUT2D eigenvalue weighted by atomic mass is 16.5. The molecule has 0 saturated carbocycles. The van der Waals surface area contributed by atoms with E-state index in [1.807, 2.05) is 0 Å². The molecular formula is C26H26N2O7. The second-order valence-electron chi connectivity index (χ2n) is 7.92. The number of phenols is 1. The van der Waals surface area contributed by atoms with Crippen LogP contribution in [-0.4, -0.2) is 62.6 Å². The van der Waals surface area contributed by atoms with Crippen LogP contribution in [0.2, 0.25) is 0 Å². The Morgan fingerprint density at radius 2 is 1.57 bits per heavy atom. The van der Waals surface area contributed by atoms with Crippen molar-refractivity contribution < 1.29 is 34.0 Å². The number of hydrogen-bond donors (Lipinski definition) is 3. The second kappa shape index (κ2) is 10.4. The van der Waals surface area contributed by atoms with Gasteiger partial charge in [-0.3, -0.25) is 4.79 Å². The zero-order valence-electron chi connectivity index (χ0n) is 19.4. The number of carbonyl (C=O) groups excluding carboxylic acids is 1. The lowest BCUT2D eigenvalue weighted by Crippen LogP contribution is -2.36. The van der Waals surface area contributed by atoms with Gasteiger partial charge in [0.1, 0.15) is 17.2 Å². The minimum Gasteiger partial charge on any atom is -0.507 e. The number of aromatic hydroxyl groups is 1. The molecule has 0 aromatic heterocycles. The van der Waals surface area contributed by atoms with Gasteiger partial charge in [0.15, 0.2) is 0 Å². The van der Waals surface area contributed by atoms with Crippen molar-refractivity contribution in [3.63, 3.8) is 0 Å². The molecule has 0 unspecified atom stereocenters. The summed E-state index contributed by atoms with van der Waals surface area (Å²) in [6.07, 6.45) is 0. The number of nitrogens with one attached hydrogen (secondary N) is 1.